The fraction of sp³-hybridized carbons (Fsp3) is 0.379. The minimum Gasteiger partial charge on any atom is -0.357 e. The monoisotopic (exact) mass is 677 g/mol. The maximum absolute atomic E-state index is 12.4. The Balaban J connectivity index is 1.24. The number of fused-ring (bicyclic) bond motifs is 2. The maximum atomic E-state index is 12.4. The molecule has 0 radical (unpaired) electrons. The maximum Gasteiger partial charge on any atom is 0.158 e. The first-order chi connectivity index (χ1) is 19.1. The number of aromatic nitrogens is 3. The van der Waals surface area contributed by atoms with E-state index in [1.165, 1.54) is 22.9 Å². The summed E-state index contributed by atoms with van der Waals surface area (Å²) in [7, 11) is -1.39. The molecule has 6 nitrogen and oxygen atoms in total. The topological polar surface area (TPSA) is 87.9 Å². The molecule has 1 fully saturated rings. The number of hydrogen-bond donors (Lipinski definition) is 2. The van der Waals surface area contributed by atoms with Crippen molar-refractivity contribution in [2.45, 2.75) is 60.1 Å². The number of halogens is 3. The SMILES string of the molecule is CC(C)(C[C@@H]1c2ccccc2CC12CCN(c1[nH]c3ncc(Sc4cccc(Cl)c4Cl)nc3c1Br)CC2)S(N)=O. The zero-order valence-corrected chi connectivity index (χ0v) is 26.9. The third-order valence-electron chi connectivity index (χ3n) is 8.56. The van der Waals surface area contributed by atoms with E-state index in [0.717, 1.165) is 70.1 Å². The molecule has 0 amide bonds. The number of piperidine rings is 1. The lowest BCUT2D eigenvalue weighted by molar-refractivity contribution is 0.170. The van der Waals surface area contributed by atoms with Crippen LogP contribution in [0.2, 0.25) is 10.0 Å². The van der Waals surface area contributed by atoms with Crippen molar-refractivity contribution in [2.75, 3.05) is 18.0 Å². The second-order valence-corrected chi connectivity index (χ2v) is 15.7. The van der Waals surface area contributed by atoms with Gasteiger partial charge in [-0.05, 0) is 90.1 Å². The summed E-state index contributed by atoms with van der Waals surface area (Å²) in [4.78, 5) is 16.3. The van der Waals surface area contributed by atoms with Crippen molar-refractivity contribution in [3.63, 3.8) is 0 Å². The molecule has 6 rings (SSSR count). The first-order valence-corrected chi connectivity index (χ1v) is 16.8. The highest BCUT2D eigenvalue weighted by Gasteiger charge is 2.49. The Morgan fingerprint density at radius 2 is 1.95 bits per heavy atom. The standard InChI is InChI=1S/C29H30BrCl2N5OS2/c1-28(2,40(33)38)15-19-18-7-4-3-6-17(18)14-29(19)10-12-37(13-11-29)27-23(30)25-26(36-27)34-16-22(35-25)39-21-9-5-8-20(31)24(21)32/h3-9,16,19H,10-15,33H2,1-2H3,(H,34,36)/t19-,40?/m1/s1. The molecule has 11 heteroatoms. The molecule has 0 bridgehead atoms. The number of benzene rings is 2. The van der Waals surface area contributed by atoms with Gasteiger partial charge in [-0.25, -0.2) is 14.2 Å². The Labute approximate surface area is 259 Å². The van der Waals surface area contributed by atoms with Crippen LogP contribution in [0.15, 0.2) is 63.1 Å². The Bertz CT molecular complexity index is 1620. The molecular formula is C29H30BrCl2N5OS2. The van der Waals surface area contributed by atoms with E-state index in [1.54, 1.807) is 12.3 Å². The molecule has 3 N–H and O–H groups in total. The molecule has 1 unspecified atom stereocenters. The second kappa shape index (κ2) is 10.9. The van der Waals surface area contributed by atoms with Crippen LogP contribution in [-0.2, 0) is 17.4 Å². The van der Waals surface area contributed by atoms with E-state index in [4.69, 9.17) is 33.3 Å². The molecule has 40 heavy (non-hydrogen) atoms. The van der Waals surface area contributed by atoms with E-state index in [-0.39, 0.29) is 5.41 Å². The number of anilines is 1. The van der Waals surface area contributed by atoms with Crippen LogP contribution < -0.4 is 10.0 Å². The fourth-order valence-corrected chi connectivity index (χ4v) is 8.55. The summed E-state index contributed by atoms with van der Waals surface area (Å²) in [5.74, 6) is 1.34. The molecule has 1 spiro atoms. The highest BCUT2D eigenvalue weighted by atomic mass is 79.9. The molecule has 1 aliphatic carbocycles. The number of H-pyrrole nitrogens is 1. The smallest absolute Gasteiger partial charge is 0.158 e. The predicted octanol–water partition coefficient (Wildman–Crippen LogP) is 7.90. The van der Waals surface area contributed by atoms with Crippen molar-refractivity contribution in [2.24, 2.45) is 10.6 Å². The van der Waals surface area contributed by atoms with Gasteiger partial charge in [0, 0.05) is 18.0 Å². The Kier molecular flexibility index (Phi) is 7.76. The van der Waals surface area contributed by atoms with Crippen molar-refractivity contribution in [1.82, 2.24) is 15.0 Å². The normalized spacial score (nSPS) is 19.4. The summed E-state index contributed by atoms with van der Waals surface area (Å²) in [5.41, 5.74) is 4.48. The highest BCUT2D eigenvalue weighted by Crippen LogP contribution is 2.56. The number of hydrogen-bond acceptors (Lipinski definition) is 5. The van der Waals surface area contributed by atoms with Gasteiger partial charge in [0.15, 0.2) is 5.65 Å². The van der Waals surface area contributed by atoms with Gasteiger partial charge in [0.25, 0.3) is 0 Å². The summed E-state index contributed by atoms with van der Waals surface area (Å²) in [6.07, 6.45) is 5.70. The minimum atomic E-state index is -1.39. The highest BCUT2D eigenvalue weighted by molar-refractivity contribution is 9.10. The molecule has 0 saturated carbocycles. The average molecular weight is 680 g/mol. The number of rotatable bonds is 6. The van der Waals surface area contributed by atoms with Crippen LogP contribution in [0, 0.1) is 5.41 Å². The van der Waals surface area contributed by atoms with E-state index in [1.807, 2.05) is 26.0 Å². The third kappa shape index (κ3) is 5.11. The quantitative estimate of drug-likeness (QED) is 0.217. The van der Waals surface area contributed by atoms with Crippen molar-refractivity contribution < 1.29 is 4.21 Å². The van der Waals surface area contributed by atoms with Gasteiger partial charge in [-0.2, -0.15) is 0 Å². The molecule has 210 valence electrons. The molecule has 4 aromatic rings. The lowest BCUT2D eigenvalue weighted by Crippen LogP contribution is -2.45. The van der Waals surface area contributed by atoms with E-state index >= 15 is 0 Å². The molecule has 1 aliphatic heterocycles. The summed E-state index contributed by atoms with van der Waals surface area (Å²) < 4.78 is 12.9. The van der Waals surface area contributed by atoms with Crippen LogP contribution in [0.3, 0.4) is 0 Å². The van der Waals surface area contributed by atoms with Crippen LogP contribution in [0.25, 0.3) is 11.2 Å². The largest absolute Gasteiger partial charge is 0.357 e. The number of nitrogens with zero attached hydrogens (tertiary/aromatic N) is 3. The van der Waals surface area contributed by atoms with Crippen LogP contribution in [0.4, 0.5) is 5.82 Å². The van der Waals surface area contributed by atoms with Gasteiger partial charge in [0.05, 0.1) is 36.4 Å². The van der Waals surface area contributed by atoms with Crippen LogP contribution in [0.1, 0.15) is 50.2 Å². The van der Waals surface area contributed by atoms with Gasteiger partial charge in [-0.1, -0.05) is 65.3 Å². The Morgan fingerprint density at radius 3 is 2.70 bits per heavy atom. The lowest BCUT2D eigenvalue weighted by atomic mass is 9.67. The first kappa shape index (κ1) is 28.5. The first-order valence-electron chi connectivity index (χ1n) is 13.2. The van der Waals surface area contributed by atoms with E-state index in [2.05, 4.69) is 55.1 Å². The zero-order valence-electron chi connectivity index (χ0n) is 22.2. The molecular weight excluding hydrogens is 649 g/mol. The van der Waals surface area contributed by atoms with E-state index < -0.39 is 15.7 Å². The molecule has 2 aromatic heterocycles. The van der Waals surface area contributed by atoms with Gasteiger partial charge in [0.1, 0.15) is 16.4 Å². The van der Waals surface area contributed by atoms with E-state index in [0.29, 0.717) is 16.0 Å². The van der Waals surface area contributed by atoms with Crippen molar-refractivity contribution in [3.05, 3.63) is 74.3 Å². The van der Waals surface area contributed by atoms with Crippen molar-refractivity contribution in [3.8, 4) is 0 Å². The van der Waals surface area contributed by atoms with Gasteiger partial charge in [0.2, 0.25) is 0 Å². The summed E-state index contributed by atoms with van der Waals surface area (Å²) in [6.45, 7) is 5.87. The molecule has 2 aromatic carbocycles. The molecule has 2 aliphatic rings. The molecule has 2 atom stereocenters. The van der Waals surface area contributed by atoms with E-state index in [9.17, 15) is 4.21 Å². The number of aromatic amines is 1. The minimum absolute atomic E-state index is 0.131. The Hall–Kier alpha value is -1.62. The summed E-state index contributed by atoms with van der Waals surface area (Å²) in [5, 5.41) is 7.71. The van der Waals surface area contributed by atoms with Crippen LogP contribution in [-0.4, -0.2) is 37.0 Å². The van der Waals surface area contributed by atoms with Crippen molar-refractivity contribution in [1.29, 1.82) is 0 Å². The summed E-state index contributed by atoms with van der Waals surface area (Å²) in [6, 6.07) is 14.3. The summed E-state index contributed by atoms with van der Waals surface area (Å²) >= 11 is 17.9. The average Bonchev–Trinajstić information content (AvgIpc) is 3.41. The number of nitrogens with one attached hydrogen (secondary N) is 1. The van der Waals surface area contributed by atoms with Crippen molar-refractivity contribution >= 4 is 78.9 Å². The van der Waals surface area contributed by atoms with Gasteiger partial charge in [-0.3, -0.25) is 5.14 Å². The van der Waals surface area contributed by atoms with Gasteiger partial charge < -0.3 is 9.88 Å². The van der Waals surface area contributed by atoms with Gasteiger partial charge in [-0.15, -0.1) is 0 Å². The van der Waals surface area contributed by atoms with Crippen LogP contribution in [0.5, 0.6) is 0 Å². The van der Waals surface area contributed by atoms with Crippen LogP contribution >= 0.6 is 50.9 Å². The second-order valence-electron chi connectivity index (χ2n) is 11.4. The zero-order chi connectivity index (χ0) is 28.2. The third-order valence-corrected chi connectivity index (χ3v) is 12.5. The Morgan fingerprint density at radius 1 is 1.20 bits per heavy atom. The molecule has 1 saturated heterocycles. The predicted molar refractivity (Wildman–Crippen MR) is 170 cm³/mol. The molecule has 3 heterocycles. The lowest BCUT2D eigenvalue weighted by Gasteiger charge is -2.45. The number of nitrogens with two attached hydrogens (primary N) is 1. The van der Waals surface area contributed by atoms with Gasteiger partial charge >= 0.3 is 0 Å². The fourth-order valence-electron chi connectivity index (χ4n) is 6.31.